The van der Waals surface area contributed by atoms with Gasteiger partial charge in [-0.05, 0) is 5.56 Å². The van der Waals surface area contributed by atoms with Gasteiger partial charge >= 0.3 is 5.69 Å². The zero-order chi connectivity index (χ0) is 13.6. The van der Waals surface area contributed by atoms with E-state index in [0.717, 1.165) is 10.1 Å². The first-order chi connectivity index (χ1) is 9.09. The van der Waals surface area contributed by atoms with Gasteiger partial charge in [-0.3, -0.25) is 13.9 Å². The maximum absolute atomic E-state index is 12.1. The fraction of sp³-hybridized carbons (Fsp3) is 0.286. The Hall–Kier alpha value is -2.30. The Morgan fingerprint density at radius 3 is 2.47 bits per heavy atom. The molecule has 5 nitrogen and oxygen atoms in total. The van der Waals surface area contributed by atoms with E-state index in [0.29, 0.717) is 17.9 Å². The van der Waals surface area contributed by atoms with Crippen molar-refractivity contribution < 1.29 is 4.74 Å². The lowest BCUT2D eigenvalue weighted by atomic mass is 10.1. The van der Waals surface area contributed by atoms with Crippen LogP contribution in [-0.2, 0) is 20.5 Å². The first-order valence-electron chi connectivity index (χ1n) is 6.10. The van der Waals surface area contributed by atoms with Crippen LogP contribution >= 0.6 is 0 Å². The van der Waals surface area contributed by atoms with E-state index < -0.39 is 0 Å². The van der Waals surface area contributed by atoms with Crippen molar-refractivity contribution in [1.82, 2.24) is 9.13 Å². The van der Waals surface area contributed by atoms with Gasteiger partial charge in [-0.2, -0.15) is 0 Å². The second kappa shape index (κ2) is 4.12. The SMILES string of the molecule is Cn1c2c(c(=O)n(C)c1=O)CC(c1ccccc1)O2. The molecule has 0 fully saturated rings. The maximum Gasteiger partial charge on any atom is 0.333 e. The Morgan fingerprint density at radius 1 is 1.11 bits per heavy atom. The van der Waals surface area contributed by atoms with Crippen LogP contribution in [0.25, 0.3) is 0 Å². The Balaban J connectivity index is 2.11. The van der Waals surface area contributed by atoms with Crippen LogP contribution < -0.4 is 16.0 Å². The number of nitrogens with zero attached hydrogens (tertiary/aromatic N) is 2. The number of rotatable bonds is 1. The van der Waals surface area contributed by atoms with Crippen LogP contribution in [0.15, 0.2) is 39.9 Å². The van der Waals surface area contributed by atoms with Crippen LogP contribution in [0, 0.1) is 0 Å². The summed E-state index contributed by atoms with van der Waals surface area (Å²) in [5, 5.41) is 0. The molecule has 1 aromatic heterocycles. The summed E-state index contributed by atoms with van der Waals surface area (Å²) in [4.78, 5) is 23.9. The lowest BCUT2D eigenvalue weighted by Gasteiger charge is -2.11. The lowest BCUT2D eigenvalue weighted by Crippen LogP contribution is -2.38. The van der Waals surface area contributed by atoms with Gasteiger partial charge in [0.15, 0.2) is 0 Å². The Morgan fingerprint density at radius 2 is 1.79 bits per heavy atom. The predicted molar refractivity (Wildman–Crippen MR) is 70.4 cm³/mol. The van der Waals surface area contributed by atoms with Crippen LogP contribution in [-0.4, -0.2) is 9.13 Å². The minimum absolute atomic E-state index is 0.197. The second-order valence-electron chi connectivity index (χ2n) is 4.71. The molecule has 1 aliphatic heterocycles. The van der Waals surface area contributed by atoms with E-state index in [-0.39, 0.29) is 17.4 Å². The predicted octanol–water partition coefficient (Wildman–Crippen LogP) is 0.760. The van der Waals surface area contributed by atoms with Crippen molar-refractivity contribution in [2.45, 2.75) is 12.5 Å². The molecular formula is C14H14N2O3. The molecule has 0 saturated heterocycles. The summed E-state index contributed by atoms with van der Waals surface area (Å²) >= 11 is 0. The minimum Gasteiger partial charge on any atom is -0.470 e. The standard InChI is InChI=1S/C14H14N2O3/c1-15-12(17)10-8-11(9-6-4-3-5-7-9)19-13(10)16(2)14(15)18/h3-7,11H,8H2,1-2H3. The highest BCUT2D eigenvalue weighted by Gasteiger charge is 2.30. The normalized spacial score (nSPS) is 17.1. The Labute approximate surface area is 109 Å². The third-order valence-corrected chi connectivity index (χ3v) is 3.51. The third-order valence-electron chi connectivity index (χ3n) is 3.51. The van der Waals surface area contributed by atoms with Crippen molar-refractivity contribution in [3.63, 3.8) is 0 Å². The average molecular weight is 258 g/mol. The molecule has 3 rings (SSSR count). The molecule has 19 heavy (non-hydrogen) atoms. The van der Waals surface area contributed by atoms with Crippen LogP contribution in [0.5, 0.6) is 5.88 Å². The number of hydrogen-bond acceptors (Lipinski definition) is 3. The molecule has 0 amide bonds. The summed E-state index contributed by atoms with van der Waals surface area (Å²) in [5.41, 5.74) is 0.945. The van der Waals surface area contributed by atoms with Gasteiger partial charge in [-0.25, -0.2) is 4.79 Å². The van der Waals surface area contributed by atoms with Crippen LogP contribution in [0.3, 0.4) is 0 Å². The van der Waals surface area contributed by atoms with Gasteiger partial charge in [0.25, 0.3) is 5.56 Å². The molecule has 1 aromatic carbocycles. The molecule has 0 spiro atoms. The second-order valence-corrected chi connectivity index (χ2v) is 4.71. The molecular weight excluding hydrogens is 244 g/mol. The van der Waals surface area contributed by atoms with E-state index in [1.165, 1.54) is 11.6 Å². The molecule has 1 unspecified atom stereocenters. The van der Waals surface area contributed by atoms with E-state index in [1.807, 2.05) is 30.3 Å². The van der Waals surface area contributed by atoms with Crippen molar-refractivity contribution in [3.8, 4) is 5.88 Å². The summed E-state index contributed by atoms with van der Waals surface area (Å²) in [5.74, 6) is 0.391. The summed E-state index contributed by atoms with van der Waals surface area (Å²) in [6.07, 6.45) is 0.303. The van der Waals surface area contributed by atoms with Crippen molar-refractivity contribution in [2.75, 3.05) is 0 Å². The molecule has 0 N–H and O–H groups in total. The van der Waals surface area contributed by atoms with Gasteiger partial charge in [-0.1, -0.05) is 30.3 Å². The molecule has 98 valence electrons. The molecule has 5 heteroatoms. The molecule has 0 aliphatic carbocycles. The first kappa shape index (κ1) is 11.8. The van der Waals surface area contributed by atoms with Crippen LogP contribution in [0.4, 0.5) is 0 Å². The van der Waals surface area contributed by atoms with Gasteiger partial charge in [0.2, 0.25) is 5.88 Å². The van der Waals surface area contributed by atoms with E-state index in [4.69, 9.17) is 4.74 Å². The van der Waals surface area contributed by atoms with Crippen molar-refractivity contribution in [2.24, 2.45) is 14.1 Å². The van der Waals surface area contributed by atoms with Gasteiger partial charge in [0, 0.05) is 20.5 Å². The molecule has 0 radical (unpaired) electrons. The smallest absolute Gasteiger partial charge is 0.333 e. The highest BCUT2D eigenvalue weighted by atomic mass is 16.5. The monoisotopic (exact) mass is 258 g/mol. The van der Waals surface area contributed by atoms with Crippen molar-refractivity contribution in [3.05, 3.63) is 62.3 Å². The topological polar surface area (TPSA) is 53.2 Å². The Bertz CT molecular complexity index is 744. The number of fused-ring (bicyclic) bond motifs is 1. The quantitative estimate of drug-likeness (QED) is 0.759. The number of benzene rings is 1. The van der Waals surface area contributed by atoms with Gasteiger partial charge in [0.05, 0.1) is 5.56 Å². The van der Waals surface area contributed by atoms with E-state index in [1.54, 1.807) is 7.05 Å². The highest BCUT2D eigenvalue weighted by Crippen LogP contribution is 2.33. The number of ether oxygens (including phenoxy) is 1. The van der Waals surface area contributed by atoms with Gasteiger partial charge < -0.3 is 4.74 Å². The van der Waals surface area contributed by atoms with E-state index in [2.05, 4.69) is 0 Å². The zero-order valence-electron chi connectivity index (χ0n) is 10.8. The average Bonchev–Trinajstić information content (AvgIpc) is 2.89. The van der Waals surface area contributed by atoms with E-state index >= 15 is 0 Å². The van der Waals surface area contributed by atoms with Crippen molar-refractivity contribution in [1.29, 1.82) is 0 Å². The van der Waals surface area contributed by atoms with Crippen molar-refractivity contribution >= 4 is 0 Å². The molecule has 0 bridgehead atoms. The summed E-state index contributed by atoms with van der Waals surface area (Å²) in [6, 6.07) is 9.70. The largest absolute Gasteiger partial charge is 0.470 e. The summed E-state index contributed by atoms with van der Waals surface area (Å²) < 4.78 is 8.30. The first-order valence-corrected chi connectivity index (χ1v) is 6.10. The molecule has 1 atom stereocenters. The Kier molecular flexibility index (Phi) is 2.55. The fourth-order valence-electron chi connectivity index (χ4n) is 2.44. The maximum atomic E-state index is 12.1. The summed E-state index contributed by atoms with van der Waals surface area (Å²) in [6.45, 7) is 0. The molecule has 1 aliphatic rings. The number of hydrogen-bond donors (Lipinski definition) is 0. The highest BCUT2D eigenvalue weighted by molar-refractivity contribution is 5.33. The molecule has 2 heterocycles. The minimum atomic E-state index is -0.363. The molecule has 0 saturated carbocycles. The summed E-state index contributed by atoms with van der Waals surface area (Å²) in [7, 11) is 3.11. The van der Waals surface area contributed by atoms with E-state index in [9.17, 15) is 9.59 Å². The lowest BCUT2D eigenvalue weighted by molar-refractivity contribution is 0.221. The van der Waals surface area contributed by atoms with Crippen LogP contribution in [0.2, 0.25) is 0 Å². The molecule has 2 aromatic rings. The number of aromatic nitrogens is 2. The van der Waals surface area contributed by atoms with Gasteiger partial charge in [0.1, 0.15) is 6.10 Å². The zero-order valence-corrected chi connectivity index (χ0v) is 10.8. The van der Waals surface area contributed by atoms with Crippen LogP contribution in [0.1, 0.15) is 17.2 Å². The fourth-order valence-corrected chi connectivity index (χ4v) is 2.44. The third kappa shape index (κ3) is 1.69. The van der Waals surface area contributed by atoms with Gasteiger partial charge in [-0.15, -0.1) is 0 Å².